The quantitative estimate of drug-likeness (QED) is 0.604. The predicted octanol–water partition coefficient (Wildman–Crippen LogP) is 0.721. The Morgan fingerprint density at radius 3 is 2.62 bits per heavy atom. The Hall–Kier alpha value is -1.06. The summed E-state index contributed by atoms with van der Waals surface area (Å²) in [5.41, 5.74) is 0. The average molecular weight is 184 g/mol. The molecule has 1 rings (SSSR count). The van der Waals surface area contributed by atoms with Crippen molar-refractivity contribution in [2.24, 2.45) is 0 Å². The number of rotatable bonds is 4. The van der Waals surface area contributed by atoms with E-state index in [2.05, 4.69) is 0 Å². The first-order chi connectivity index (χ1) is 6.16. The van der Waals surface area contributed by atoms with E-state index in [1.165, 1.54) is 0 Å². The van der Waals surface area contributed by atoms with Crippen molar-refractivity contribution >= 4 is 12.3 Å². The van der Waals surface area contributed by atoms with Crippen LogP contribution < -0.4 is 0 Å². The minimum Gasteiger partial charge on any atom is -0.322 e. The molecule has 4 heteroatoms. The van der Waals surface area contributed by atoms with Crippen LogP contribution in [-0.4, -0.2) is 47.8 Å². The first kappa shape index (κ1) is 10.0. The van der Waals surface area contributed by atoms with Gasteiger partial charge in [0.2, 0.25) is 0 Å². The normalized spacial score (nSPS) is 17.3. The summed E-state index contributed by atoms with van der Waals surface area (Å²) in [7, 11) is 0. The van der Waals surface area contributed by atoms with E-state index < -0.39 is 0 Å². The highest BCUT2D eigenvalue weighted by Gasteiger charge is 2.29. The van der Waals surface area contributed by atoms with Gasteiger partial charge in [-0.05, 0) is 13.8 Å². The van der Waals surface area contributed by atoms with Gasteiger partial charge in [-0.25, -0.2) is 4.79 Å². The molecule has 0 N–H and O–H groups in total. The summed E-state index contributed by atoms with van der Waals surface area (Å²) in [5.74, 6) is 0. The maximum atomic E-state index is 11.6. The number of aldehydes is 1. The summed E-state index contributed by atoms with van der Waals surface area (Å²) in [4.78, 5) is 25.3. The van der Waals surface area contributed by atoms with Crippen molar-refractivity contribution in [2.45, 2.75) is 26.3 Å². The van der Waals surface area contributed by atoms with Gasteiger partial charge in [0.15, 0.2) is 0 Å². The van der Waals surface area contributed by atoms with Crippen molar-refractivity contribution < 1.29 is 9.59 Å². The maximum absolute atomic E-state index is 11.6. The lowest BCUT2D eigenvalue weighted by molar-refractivity contribution is -0.108. The van der Waals surface area contributed by atoms with E-state index in [1.807, 2.05) is 18.7 Å². The molecule has 0 aliphatic carbocycles. The van der Waals surface area contributed by atoms with Gasteiger partial charge in [-0.15, -0.1) is 0 Å². The molecular formula is C9H16N2O2. The topological polar surface area (TPSA) is 40.6 Å². The average Bonchev–Trinajstić information content (AvgIpc) is 2.43. The van der Waals surface area contributed by atoms with Gasteiger partial charge in [0, 0.05) is 32.1 Å². The lowest BCUT2D eigenvalue weighted by atomic mass is 10.3. The first-order valence-corrected chi connectivity index (χ1v) is 4.66. The molecule has 0 unspecified atom stereocenters. The van der Waals surface area contributed by atoms with E-state index in [-0.39, 0.29) is 12.1 Å². The molecule has 1 fully saturated rings. The SMILES string of the molecule is CC(C)N1CCN(CCC=O)C1=O. The van der Waals surface area contributed by atoms with E-state index >= 15 is 0 Å². The zero-order chi connectivity index (χ0) is 9.84. The molecule has 1 aliphatic heterocycles. The minimum atomic E-state index is 0.0665. The summed E-state index contributed by atoms with van der Waals surface area (Å²) in [6, 6.07) is 0.325. The lowest BCUT2D eigenvalue weighted by Gasteiger charge is -2.21. The van der Waals surface area contributed by atoms with Crippen molar-refractivity contribution in [3.8, 4) is 0 Å². The van der Waals surface area contributed by atoms with Gasteiger partial charge >= 0.3 is 6.03 Å². The Labute approximate surface area is 78.5 Å². The summed E-state index contributed by atoms with van der Waals surface area (Å²) in [5, 5.41) is 0. The van der Waals surface area contributed by atoms with Crippen LogP contribution in [0.2, 0.25) is 0 Å². The van der Waals surface area contributed by atoms with Crippen LogP contribution in [0.1, 0.15) is 20.3 Å². The molecule has 0 spiro atoms. The molecule has 4 nitrogen and oxygen atoms in total. The van der Waals surface area contributed by atoms with E-state index in [4.69, 9.17) is 0 Å². The van der Waals surface area contributed by atoms with Crippen LogP contribution in [-0.2, 0) is 4.79 Å². The Kier molecular flexibility index (Phi) is 3.28. The second-order valence-corrected chi connectivity index (χ2v) is 3.51. The van der Waals surface area contributed by atoms with Crippen LogP contribution in [0, 0.1) is 0 Å². The number of hydrogen-bond acceptors (Lipinski definition) is 2. The number of carbonyl (C=O) groups is 2. The van der Waals surface area contributed by atoms with Gasteiger partial charge in [-0.2, -0.15) is 0 Å². The molecule has 0 saturated carbocycles. The Balaban J connectivity index is 2.45. The van der Waals surface area contributed by atoms with Crippen LogP contribution in [0.3, 0.4) is 0 Å². The smallest absolute Gasteiger partial charge is 0.320 e. The Morgan fingerprint density at radius 1 is 1.46 bits per heavy atom. The molecule has 0 aromatic heterocycles. The van der Waals surface area contributed by atoms with Crippen molar-refractivity contribution in [3.63, 3.8) is 0 Å². The monoisotopic (exact) mass is 184 g/mol. The molecule has 0 aromatic rings. The van der Waals surface area contributed by atoms with Gasteiger partial charge in [-0.3, -0.25) is 0 Å². The molecule has 1 saturated heterocycles. The van der Waals surface area contributed by atoms with Crippen molar-refractivity contribution in [1.82, 2.24) is 9.80 Å². The Bertz CT molecular complexity index is 204. The molecular weight excluding hydrogens is 168 g/mol. The van der Waals surface area contributed by atoms with Crippen LogP contribution in [0.25, 0.3) is 0 Å². The lowest BCUT2D eigenvalue weighted by Crippen LogP contribution is -2.36. The molecule has 0 bridgehead atoms. The second kappa shape index (κ2) is 4.25. The molecule has 1 aliphatic rings. The summed E-state index contributed by atoms with van der Waals surface area (Å²) in [6.45, 7) is 6.11. The highest BCUT2D eigenvalue weighted by Crippen LogP contribution is 2.11. The van der Waals surface area contributed by atoms with Crippen LogP contribution in [0.4, 0.5) is 4.79 Å². The molecule has 13 heavy (non-hydrogen) atoms. The summed E-state index contributed by atoms with van der Waals surface area (Å²) < 4.78 is 0. The number of urea groups is 1. The summed E-state index contributed by atoms with van der Waals surface area (Å²) >= 11 is 0. The van der Waals surface area contributed by atoms with Crippen molar-refractivity contribution in [1.29, 1.82) is 0 Å². The van der Waals surface area contributed by atoms with Crippen LogP contribution in [0.5, 0.6) is 0 Å². The minimum absolute atomic E-state index is 0.0665. The van der Waals surface area contributed by atoms with Crippen molar-refractivity contribution in [2.75, 3.05) is 19.6 Å². The van der Waals surface area contributed by atoms with Crippen molar-refractivity contribution in [3.05, 3.63) is 0 Å². The van der Waals surface area contributed by atoms with E-state index in [0.29, 0.717) is 13.0 Å². The van der Waals surface area contributed by atoms with E-state index in [0.717, 1.165) is 19.4 Å². The van der Waals surface area contributed by atoms with Crippen LogP contribution >= 0.6 is 0 Å². The second-order valence-electron chi connectivity index (χ2n) is 3.51. The number of amides is 2. The molecule has 0 atom stereocenters. The third kappa shape index (κ3) is 2.20. The van der Waals surface area contributed by atoms with Gasteiger partial charge < -0.3 is 14.6 Å². The third-order valence-electron chi connectivity index (χ3n) is 2.27. The zero-order valence-electron chi connectivity index (χ0n) is 8.19. The zero-order valence-corrected chi connectivity index (χ0v) is 8.19. The number of carbonyl (C=O) groups excluding carboxylic acids is 2. The molecule has 74 valence electrons. The summed E-state index contributed by atoms with van der Waals surface area (Å²) in [6.07, 6.45) is 1.29. The van der Waals surface area contributed by atoms with Crippen LogP contribution in [0.15, 0.2) is 0 Å². The van der Waals surface area contributed by atoms with E-state index in [1.54, 1.807) is 4.90 Å². The fraction of sp³-hybridized carbons (Fsp3) is 0.778. The van der Waals surface area contributed by atoms with Gasteiger partial charge in [0.05, 0.1) is 0 Å². The number of hydrogen-bond donors (Lipinski definition) is 0. The van der Waals surface area contributed by atoms with Gasteiger partial charge in [0.1, 0.15) is 6.29 Å². The first-order valence-electron chi connectivity index (χ1n) is 4.66. The highest BCUT2D eigenvalue weighted by atomic mass is 16.2. The highest BCUT2D eigenvalue weighted by molar-refractivity contribution is 5.77. The molecule has 1 heterocycles. The molecule has 0 aromatic carbocycles. The van der Waals surface area contributed by atoms with E-state index in [9.17, 15) is 9.59 Å². The Morgan fingerprint density at radius 2 is 2.15 bits per heavy atom. The third-order valence-corrected chi connectivity index (χ3v) is 2.27. The largest absolute Gasteiger partial charge is 0.322 e. The predicted molar refractivity (Wildman–Crippen MR) is 49.5 cm³/mol. The van der Waals surface area contributed by atoms with Gasteiger partial charge in [0.25, 0.3) is 0 Å². The fourth-order valence-corrected chi connectivity index (χ4v) is 1.50. The molecule has 2 amide bonds. The fourth-order valence-electron chi connectivity index (χ4n) is 1.50. The number of nitrogens with zero attached hydrogens (tertiary/aromatic N) is 2. The molecule has 0 radical (unpaired) electrons. The maximum Gasteiger partial charge on any atom is 0.320 e. The van der Waals surface area contributed by atoms with Gasteiger partial charge in [-0.1, -0.05) is 0 Å². The standard InChI is InChI=1S/C9H16N2O2/c1-8(2)11-6-5-10(9(11)13)4-3-7-12/h7-8H,3-6H2,1-2H3.